The lowest BCUT2D eigenvalue weighted by atomic mass is 9.94. The minimum Gasteiger partial charge on any atom is -0.462 e. The van der Waals surface area contributed by atoms with Crippen LogP contribution in [0.2, 0.25) is 0 Å². The number of carbonyl (C=O) groups excluding carboxylic acids is 3. The SMILES string of the molecule is CC(C)(C)C(=O)OCC1O[C@H](Br)C(OCc2ccccc2)[C@@H](OC(=O)C(C)(C)C)[C@@H]1OC(=O)C(C)(C)C. The third kappa shape index (κ3) is 9.07. The van der Waals surface area contributed by atoms with Crippen molar-refractivity contribution in [3.8, 4) is 0 Å². The Bertz CT molecular complexity index is 926. The van der Waals surface area contributed by atoms with Gasteiger partial charge in [-0.05, 0) is 67.9 Å². The maximum atomic E-state index is 13.0. The van der Waals surface area contributed by atoms with Gasteiger partial charge in [0.05, 0.1) is 22.9 Å². The number of benzene rings is 1. The topological polar surface area (TPSA) is 97.4 Å². The van der Waals surface area contributed by atoms with Gasteiger partial charge in [-0.1, -0.05) is 46.3 Å². The zero-order valence-corrected chi connectivity index (χ0v) is 24.9. The number of hydrogen-bond acceptors (Lipinski definition) is 8. The maximum Gasteiger partial charge on any atom is 0.311 e. The first-order valence-corrected chi connectivity index (χ1v) is 13.4. The molecule has 0 saturated carbocycles. The Morgan fingerprint density at radius 3 is 1.73 bits per heavy atom. The monoisotopic (exact) mass is 584 g/mol. The van der Waals surface area contributed by atoms with Crippen LogP contribution in [-0.4, -0.2) is 53.9 Å². The van der Waals surface area contributed by atoms with Crippen molar-refractivity contribution >= 4 is 33.8 Å². The molecule has 2 rings (SSSR count). The molecular weight excluding hydrogens is 544 g/mol. The summed E-state index contributed by atoms with van der Waals surface area (Å²) in [5.74, 6) is -1.44. The van der Waals surface area contributed by atoms with Gasteiger partial charge in [0.15, 0.2) is 12.2 Å². The second-order valence-corrected chi connectivity index (χ2v) is 13.3. The van der Waals surface area contributed by atoms with E-state index in [0.29, 0.717) is 0 Å². The van der Waals surface area contributed by atoms with Crippen LogP contribution in [0.15, 0.2) is 30.3 Å². The van der Waals surface area contributed by atoms with E-state index in [4.69, 9.17) is 23.7 Å². The van der Waals surface area contributed by atoms with Crippen LogP contribution >= 0.6 is 15.9 Å². The molecule has 0 aromatic heterocycles. The summed E-state index contributed by atoms with van der Waals surface area (Å²) in [6.45, 7) is 15.6. The fraction of sp³-hybridized carbons (Fsp3) is 0.679. The highest BCUT2D eigenvalue weighted by Crippen LogP contribution is 2.35. The summed E-state index contributed by atoms with van der Waals surface area (Å²) < 4.78 is 29.7. The molecule has 0 spiro atoms. The summed E-state index contributed by atoms with van der Waals surface area (Å²) in [6, 6.07) is 9.52. The van der Waals surface area contributed by atoms with E-state index in [1.54, 1.807) is 62.3 Å². The van der Waals surface area contributed by atoms with Crippen molar-refractivity contribution in [2.24, 2.45) is 16.2 Å². The fourth-order valence-corrected chi connectivity index (χ4v) is 3.92. The van der Waals surface area contributed by atoms with Crippen molar-refractivity contribution in [3.63, 3.8) is 0 Å². The molecule has 1 aromatic rings. The Morgan fingerprint density at radius 1 is 0.757 bits per heavy atom. The van der Waals surface area contributed by atoms with Gasteiger partial charge in [-0.3, -0.25) is 14.4 Å². The van der Waals surface area contributed by atoms with Crippen molar-refractivity contribution in [2.45, 2.75) is 98.3 Å². The molecule has 1 saturated heterocycles. The average Bonchev–Trinajstić information content (AvgIpc) is 2.77. The first-order valence-electron chi connectivity index (χ1n) is 12.5. The second-order valence-electron chi connectivity index (χ2n) is 12.4. The fourth-order valence-electron chi connectivity index (χ4n) is 3.19. The molecule has 0 amide bonds. The van der Waals surface area contributed by atoms with E-state index in [0.717, 1.165) is 5.56 Å². The molecule has 5 atom stereocenters. The van der Waals surface area contributed by atoms with Crippen LogP contribution in [0.1, 0.15) is 67.9 Å². The number of hydrogen-bond donors (Lipinski definition) is 0. The Balaban J connectivity index is 2.43. The summed E-state index contributed by atoms with van der Waals surface area (Å²) in [6.07, 6.45) is -3.84. The predicted octanol–water partition coefficient (Wildman–Crippen LogP) is 5.20. The lowest BCUT2D eigenvalue weighted by Gasteiger charge is -2.44. The van der Waals surface area contributed by atoms with Gasteiger partial charge in [0.1, 0.15) is 23.8 Å². The minimum atomic E-state index is -1.08. The van der Waals surface area contributed by atoms with Gasteiger partial charge in [-0.2, -0.15) is 0 Å². The molecule has 0 N–H and O–H groups in total. The van der Waals surface area contributed by atoms with Gasteiger partial charge in [-0.25, -0.2) is 0 Å². The van der Waals surface area contributed by atoms with Crippen LogP contribution in [0.5, 0.6) is 0 Å². The first kappa shape index (κ1) is 31.2. The van der Waals surface area contributed by atoms with Crippen molar-refractivity contribution in [1.82, 2.24) is 0 Å². The van der Waals surface area contributed by atoms with E-state index in [1.165, 1.54) is 0 Å². The van der Waals surface area contributed by atoms with Gasteiger partial charge in [0, 0.05) is 0 Å². The highest BCUT2D eigenvalue weighted by Gasteiger charge is 2.52. The van der Waals surface area contributed by atoms with Gasteiger partial charge >= 0.3 is 17.9 Å². The Labute approximate surface area is 228 Å². The molecule has 0 bridgehead atoms. The molecule has 9 heteroatoms. The Kier molecular flexibility index (Phi) is 10.4. The van der Waals surface area contributed by atoms with Crippen LogP contribution in [0, 0.1) is 16.2 Å². The molecule has 37 heavy (non-hydrogen) atoms. The molecule has 1 aromatic carbocycles. The highest BCUT2D eigenvalue weighted by molar-refractivity contribution is 9.09. The molecule has 8 nitrogen and oxygen atoms in total. The van der Waals surface area contributed by atoms with E-state index in [9.17, 15) is 14.4 Å². The zero-order valence-electron chi connectivity index (χ0n) is 23.3. The van der Waals surface area contributed by atoms with Gasteiger partial charge in [-0.15, -0.1) is 0 Å². The van der Waals surface area contributed by atoms with E-state index in [-0.39, 0.29) is 13.2 Å². The second kappa shape index (κ2) is 12.3. The molecule has 0 aliphatic carbocycles. The lowest BCUT2D eigenvalue weighted by molar-refractivity contribution is -0.247. The van der Waals surface area contributed by atoms with Crippen molar-refractivity contribution in [3.05, 3.63) is 35.9 Å². The normalized spacial score (nSPS) is 24.8. The molecule has 1 heterocycles. The quantitative estimate of drug-likeness (QED) is 0.245. The average molecular weight is 586 g/mol. The van der Waals surface area contributed by atoms with E-state index in [1.807, 2.05) is 30.3 Å². The van der Waals surface area contributed by atoms with Crippen LogP contribution in [0.4, 0.5) is 0 Å². The summed E-state index contributed by atoms with van der Waals surface area (Å²) in [5, 5.41) is -0.739. The maximum absolute atomic E-state index is 13.0. The van der Waals surface area contributed by atoms with Crippen LogP contribution in [0.25, 0.3) is 0 Å². The smallest absolute Gasteiger partial charge is 0.311 e. The van der Waals surface area contributed by atoms with Crippen LogP contribution < -0.4 is 0 Å². The van der Waals surface area contributed by atoms with Crippen LogP contribution in [0.3, 0.4) is 0 Å². The summed E-state index contributed by atoms with van der Waals surface area (Å²) in [7, 11) is 0. The number of halogens is 1. The van der Waals surface area contributed by atoms with Crippen molar-refractivity contribution in [1.29, 1.82) is 0 Å². The minimum absolute atomic E-state index is 0.199. The molecule has 1 fully saturated rings. The predicted molar refractivity (Wildman–Crippen MR) is 142 cm³/mol. The van der Waals surface area contributed by atoms with E-state index < -0.39 is 63.6 Å². The molecule has 2 unspecified atom stereocenters. The molecule has 208 valence electrons. The summed E-state index contributed by atoms with van der Waals surface area (Å²) >= 11 is 3.51. The van der Waals surface area contributed by atoms with Crippen LogP contribution in [-0.2, 0) is 44.7 Å². The zero-order chi connectivity index (χ0) is 28.2. The third-order valence-electron chi connectivity index (χ3n) is 5.56. The lowest BCUT2D eigenvalue weighted by Crippen LogP contribution is -2.61. The molecule has 0 radical (unpaired) electrons. The first-order chi connectivity index (χ1) is 16.9. The number of rotatable bonds is 7. The standard InChI is InChI=1S/C28H41BrO8/c1-26(2,3)23(30)34-16-18-19(36-24(31)27(4,5)6)20(37-25(32)28(7,8)9)21(22(29)35-18)33-15-17-13-11-10-12-14-17/h10-14,18-22H,15-16H2,1-9H3/t18?,19-,20+,21?,22+/m1/s1. The van der Waals surface area contributed by atoms with E-state index in [2.05, 4.69) is 15.9 Å². The van der Waals surface area contributed by atoms with E-state index >= 15 is 0 Å². The largest absolute Gasteiger partial charge is 0.462 e. The number of carbonyl (C=O) groups is 3. The van der Waals surface area contributed by atoms with Gasteiger partial charge in [0.2, 0.25) is 0 Å². The van der Waals surface area contributed by atoms with Gasteiger partial charge < -0.3 is 23.7 Å². The number of ether oxygens (including phenoxy) is 5. The Hall–Kier alpha value is -1.97. The Morgan fingerprint density at radius 2 is 1.24 bits per heavy atom. The third-order valence-corrected chi connectivity index (χ3v) is 6.30. The van der Waals surface area contributed by atoms with Gasteiger partial charge in [0.25, 0.3) is 0 Å². The molecule has 1 aliphatic heterocycles. The molecule has 1 aliphatic rings. The molecular formula is C28H41BrO8. The highest BCUT2D eigenvalue weighted by atomic mass is 79.9. The summed E-state index contributed by atoms with van der Waals surface area (Å²) in [5.41, 5.74) is -1.49. The number of esters is 3. The number of alkyl halides is 1. The summed E-state index contributed by atoms with van der Waals surface area (Å²) in [4.78, 5) is 38.5. The van der Waals surface area contributed by atoms with Crippen molar-refractivity contribution in [2.75, 3.05) is 6.61 Å². The van der Waals surface area contributed by atoms with Crippen molar-refractivity contribution < 1.29 is 38.1 Å².